The van der Waals surface area contributed by atoms with Gasteiger partial charge < -0.3 is 4.74 Å². The number of benzene rings is 3. The minimum atomic E-state index is -0.445. The molecular weight excluding hydrogens is 342 g/mol. The molecule has 0 aromatic heterocycles. The Kier molecular flexibility index (Phi) is 4.42. The normalized spacial score (nSPS) is 13.1. The van der Waals surface area contributed by atoms with Gasteiger partial charge in [-0.05, 0) is 28.5 Å². The Balaban J connectivity index is 1.37. The summed E-state index contributed by atoms with van der Waals surface area (Å²) < 4.78 is 5.36. The highest BCUT2D eigenvalue weighted by molar-refractivity contribution is 6.21. The fraction of sp³-hybridized carbons (Fsp3) is 0.136. The lowest BCUT2D eigenvalue weighted by Crippen LogP contribution is -2.32. The lowest BCUT2D eigenvalue weighted by Gasteiger charge is -2.13. The van der Waals surface area contributed by atoms with Crippen LogP contribution in [0, 0.1) is 0 Å². The van der Waals surface area contributed by atoms with E-state index in [4.69, 9.17) is 4.74 Å². The molecule has 0 saturated carbocycles. The van der Waals surface area contributed by atoms with Gasteiger partial charge >= 0.3 is 5.97 Å². The van der Waals surface area contributed by atoms with Crippen molar-refractivity contribution in [3.63, 3.8) is 0 Å². The average molecular weight is 359 g/mol. The van der Waals surface area contributed by atoms with Gasteiger partial charge in [-0.2, -0.15) is 0 Å². The Labute approximate surface area is 156 Å². The highest BCUT2D eigenvalue weighted by Crippen LogP contribution is 2.23. The summed E-state index contributed by atoms with van der Waals surface area (Å²) in [6.07, 6.45) is -0.0315. The minimum absolute atomic E-state index is 0.0146. The first-order chi connectivity index (χ1) is 13.1. The molecule has 0 radical (unpaired) electrons. The Hall–Kier alpha value is -3.47. The van der Waals surface area contributed by atoms with Gasteiger partial charge in [-0.3, -0.25) is 19.3 Å². The van der Waals surface area contributed by atoms with Crippen LogP contribution in [0.1, 0.15) is 32.7 Å². The summed E-state index contributed by atoms with van der Waals surface area (Å²) in [6.45, 7) is 0.170. The van der Waals surface area contributed by atoms with Crippen molar-refractivity contribution in [1.29, 1.82) is 0 Å². The van der Waals surface area contributed by atoms with E-state index in [0.29, 0.717) is 11.1 Å². The quantitative estimate of drug-likeness (QED) is 0.516. The van der Waals surface area contributed by atoms with Crippen LogP contribution in [0.25, 0.3) is 10.8 Å². The maximum Gasteiger partial charge on any atom is 0.307 e. The van der Waals surface area contributed by atoms with Crippen LogP contribution >= 0.6 is 0 Å². The maximum absolute atomic E-state index is 12.3. The molecule has 1 aliphatic heterocycles. The summed E-state index contributed by atoms with van der Waals surface area (Å²) in [5, 5.41) is 2.12. The monoisotopic (exact) mass is 359 g/mol. The second kappa shape index (κ2) is 7.03. The first-order valence-electron chi connectivity index (χ1n) is 8.72. The molecule has 0 N–H and O–H groups in total. The molecule has 2 amide bonds. The highest BCUT2D eigenvalue weighted by Gasteiger charge is 2.35. The molecule has 0 bridgehead atoms. The van der Waals surface area contributed by atoms with Gasteiger partial charge in [0, 0.05) is 6.54 Å². The van der Waals surface area contributed by atoms with Crippen LogP contribution in [0.3, 0.4) is 0 Å². The fourth-order valence-corrected chi connectivity index (χ4v) is 3.29. The summed E-state index contributed by atoms with van der Waals surface area (Å²) in [6, 6.07) is 20.4. The fourth-order valence-electron chi connectivity index (χ4n) is 3.29. The van der Waals surface area contributed by atoms with Gasteiger partial charge in [0.2, 0.25) is 0 Å². The van der Waals surface area contributed by atoms with Crippen LogP contribution in [0.4, 0.5) is 0 Å². The number of ether oxygens (including phenoxy) is 1. The minimum Gasteiger partial charge on any atom is -0.461 e. The third-order valence-electron chi connectivity index (χ3n) is 4.69. The molecule has 0 fully saturated rings. The number of nitrogens with zero attached hydrogens (tertiary/aromatic N) is 1. The number of carbonyl (C=O) groups is 3. The molecular formula is C22H17NO4. The van der Waals surface area contributed by atoms with Crippen molar-refractivity contribution in [2.24, 2.45) is 0 Å². The molecule has 3 aromatic rings. The summed E-state index contributed by atoms with van der Waals surface area (Å²) in [5.74, 6) is -1.17. The van der Waals surface area contributed by atoms with Crippen molar-refractivity contribution >= 4 is 28.6 Å². The SMILES string of the molecule is O=C(CCN1C(=O)c2ccccc2C1=O)OCc1cccc2ccccc12. The van der Waals surface area contributed by atoms with E-state index in [1.54, 1.807) is 24.3 Å². The lowest BCUT2D eigenvalue weighted by molar-refractivity contribution is -0.145. The number of fused-ring (bicyclic) bond motifs is 2. The van der Waals surface area contributed by atoms with Crippen molar-refractivity contribution in [2.45, 2.75) is 13.0 Å². The van der Waals surface area contributed by atoms with Crippen molar-refractivity contribution in [2.75, 3.05) is 6.54 Å². The Morgan fingerprint density at radius 3 is 2.19 bits per heavy atom. The topological polar surface area (TPSA) is 63.7 Å². The van der Waals surface area contributed by atoms with Gasteiger partial charge in [0.15, 0.2) is 0 Å². The van der Waals surface area contributed by atoms with Crippen molar-refractivity contribution in [3.05, 3.63) is 83.4 Å². The summed E-state index contributed by atoms with van der Waals surface area (Å²) >= 11 is 0. The molecule has 0 atom stereocenters. The van der Waals surface area contributed by atoms with Crippen LogP contribution in [0.15, 0.2) is 66.7 Å². The largest absolute Gasteiger partial charge is 0.461 e. The van der Waals surface area contributed by atoms with Crippen LogP contribution in [-0.2, 0) is 16.1 Å². The van der Waals surface area contributed by atoms with E-state index >= 15 is 0 Å². The van der Waals surface area contributed by atoms with Crippen molar-refractivity contribution < 1.29 is 19.1 Å². The van der Waals surface area contributed by atoms with E-state index in [0.717, 1.165) is 21.2 Å². The zero-order valence-corrected chi connectivity index (χ0v) is 14.6. The summed E-state index contributed by atoms with van der Waals surface area (Å²) in [5.41, 5.74) is 1.68. The third kappa shape index (κ3) is 3.19. The van der Waals surface area contributed by atoms with Crippen molar-refractivity contribution in [3.8, 4) is 0 Å². The second-order valence-corrected chi connectivity index (χ2v) is 6.36. The standard InChI is InChI=1S/C22H17NO4/c24-20(27-14-16-8-5-7-15-6-1-2-9-17(15)16)12-13-23-21(25)18-10-3-4-11-19(18)22(23)26/h1-11H,12-14H2. The van der Waals surface area contributed by atoms with Gasteiger partial charge in [-0.15, -0.1) is 0 Å². The Morgan fingerprint density at radius 1 is 0.815 bits per heavy atom. The average Bonchev–Trinajstić information content (AvgIpc) is 2.95. The molecule has 5 nitrogen and oxygen atoms in total. The van der Waals surface area contributed by atoms with Crippen LogP contribution in [-0.4, -0.2) is 29.2 Å². The first-order valence-corrected chi connectivity index (χ1v) is 8.72. The van der Waals surface area contributed by atoms with Crippen molar-refractivity contribution in [1.82, 2.24) is 4.90 Å². The van der Waals surface area contributed by atoms with Gasteiger partial charge in [0.1, 0.15) is 6.61 Å². The predicted molar refractivity (Wildman–Crippen MR) is 100 cm³/mol. The predicted octanol–water partition coefficient (Wildman–Crippen LogP) is 3.57. The molecule has 134 valence electrons. The second-order valence-electron chi connectivity index (χ2n) is 6.36. The van der Waals surface area contributed by atoms with Crippen LogP contribution in [0.2, 0.25) is 0 Å². The summed E-state index contributed by atoms with van der Waals surface area (Å²) in [7, 11) is 0. The molecule has 0 aliphatic carbocycles. The molecule has 1 aliphatic rings. The first kappa shape index (κ1) is 17.0. The van der Waals surface area contributed by atoms with Crippen LogP contribution in [0.5, 0.6) is 0 Å². The third-order valence-corrected chi connectivity index (χ3v) is 4.69. The lowest BCUT2D eigenvalue weighted by atomic mass is 10.1. The zero-order chi connectivity index (χ0) is 18.8. The van der Waals surface area contributed by atoms with E-state index in [-0.39, 0.29) is 31.4 Å². The highest BCUT2D eigenvalue weighted by atomic mass is 16.5. The molecule has 0 unspecified atom stereocenters. The Bertz CT molecular complexity index is 1020. The summed E-state index contributed by atoms with van der Waals surface area (Å²) in [4.78, 5) is 37.8. The van der Waals surface area contributed by atoms with Gasteiger partial charge in [-0.25, -0.2) is 0 Å². The number of hydrogen-bond acceptors (Lipinski definition) is 4. The van der Waals surface area contributed by atoms with Gasteiger partial charge in [0.25, 0.3) is 11.8 Å². The molecule has 3 aromatic carbocycles. The van der Waals surface area contributed by atoms with Gasteiger partial charge in [-0.1, -0.05) is 54.6 Å². The van der Waals surface area contributed by atoms with E-state index in [9.17, 15) is 14.4 Å². The van der Waals surface area contributed by atoms with E-state index < -0.39 is 5.97 Å². The van der Waals surface area contributed by atoms with Crippen LogP contribution < -0.4 is 0 Å². The molecule has 1 heterocycles. The number of amides is 2. The maximum atomic E-state index is 12.3. The van der Waals surface area contributed by atoms with Gasteiger partial charge in [0.05, 0.1) is 17.5 Å². The van der Waals surface area contributed by atoms with E-state index in [1.807, 2.05) is 42.5 Å². The zero-order valence-electron chi connectivity index (χ0n) is 14.6. The Morgan fingerprint density at radius 2 is 1.44 bits per heavy atom. The molecule has 5 heteroatoms. The van der Waals surface area contributed by atoms with E-state index in [2.05, 4.69) is 0 Å². The number of rotatable bonds is 5. The van der Waals surface area contributed by atoms with E-state index in [1.165, 1.54) is 0 Å². The number of hydrogen-bond donors (Lipinski definition) is 0. The number of imide groups is 1. The number of carbonyl (C=O) groups excluding carboxylic acids is 3. The molecule has 27 heavy (non-hydrogen) atoms. The molecule has 4 rings (SSSR count). The number of esters is 1. The smallest absolute Gasteiger partial charge is 0.307 e. The molecule has 0 saturated heterocycles. The molecule has 0 spiro atoms.